The van der Waals surface area contributed by atoms with E-state index in [0.29, 0.717) is 19.4 Å². The van der Waals surface area contributed by atoms with Crippen LogP contribution in [0, 0.1) is 0 Å². The van der Waals surface area contributed by atoms with Gasteiger partial charge in [-0.2, -0.15) is 4.31 Å². The fourth-order valence-electron chi connectivity index (χ4n) is 3.20. The van der Waals surface area contributed by atoms with Gasteiger partial charge < -0.3 is 5.32 Å². The average molecular weight is 491 g/mol. The van der Waals surface area contributed by atoms with Crippen LogP contribution in [0.3, 0.4) is 0 Å². The van der Waals surface area contributed by atoms with Crippen molar-refractivity contribution in [3.63, 3.8) is 0 Å². The number of nitrogens with one attached hydrogen (secondary N) is 1. The van der Waals surface area contributed by atoms with Crippen molar-refractivity contribution in [3.05, 3.63) is 100 Å². The molecule has 0 aliphatic rings. The summed E-state index contributed by atoms with van der Waals surface area (Å²) in [5.74, 6) is -0.379. The molecule has 3 aromatic carbocycles. The van der Waals surface area contributed by atoms with E-state index in [9.17, 15) is 13.2 Å². The molecule has 0 saturated heterocycles. The molecule has 0 spiro atoms. The van der Waals surface area contributed by atoms with E-state index in [1.807, 2.05) is 60.7 Å². The third-order valence-corrected chi connectivity index (χ3v) is 7.46. The number of carbonyl (C=O) groups is 1. The molecule has 3 aromatic rings. The number of amides is 1. The maximum Gasteiger partial charge on any atom is 0.245 e. The van der Waals surface area contributed by atoms with Gasteiger partial charge in [0.25, 0.3) is 0 Å². The Morgan fingerprint density at radius 1 is 0.844 bits per heavy atom. The minimum absolute atomic E-state index is 0.0589. The maximum absolute atomic E-state index is 13.4. The number of hydrogen-bond acceptors (Lipinski definition) is 3. The molecule has 0 aromatic heterocycles. The van der Waals surface area contributed by atoms with E-state index in [-0.39, 0.29) is 33.9 Å². The summed E-state index contributed by atoms with van der Waals surface area (Å²) < 4.78 is 27.9. The first kappa shape index (κ1) is 24.3. The monoisotopic (exact) mass is 490 g/mol. The fourth-order valence-corrected chi connectivity index (χ4v) is 5.34. The highest BCUT2D eigenvalue weighted by molar-refractivity contribution is 7.89. The summed E-state index contributed by atoms with van der Waals surface area (Å²) in [6.45, 7) is 0.224. The molecule has 1 amide bonds. The predicted octanol–water partition coefficient (Wildman–Crippen LogP) is 4.59. The van der Waals surface area contributed by atoms with Crippen molar-refractivity contribution in [2.75, 3.05) is 19.6 Å². The SMILES string of the molecule is O=C(CN(CCc1ccccc1)S(=O)(=O)c1cc(Cl)ccc1Cl)NCCc1ccccc1. The number of halogens is 2. The number of nitrogens with zero attached hydrogens (tertiary/aromatic N) is 1. The predicted molar refractivity (Wildman–Crippen MR) is 129 cm³/mol. The molecule has 0 fully saturated rings. The molecule has 0 saturated carbocycles. The smallest absolute Gasteiger partial charge is 0.245 e. The normalized spacial score (nSPS) is 11.5. The lowest BCUT2D eigenvalue weighted by molar-refractivity contribution is -0.121. The Morgan fingerprint density at radius 2 is 1.44 bits per heavy atom. The van der Waals surface area contributed by atoms with Crippen LogP contribution >= 0.6 is 23.2 Å². The second-order valence-electron chi connectivity index (χ2n) is 7.23. The molecule has 32 heavy (non-hydrogen) atoms. The van der Waals surface area contributed by atoms with Crippen molar-refractivity contribution < 1.29 is 13.2 Å². The lowest BCUT2D eigenvalue weighted by Gasteiger charge is -2.22. The van der Waals surface area contributed by atoms with Crippen LogP contribution in [0.5, 0.6) is 0 Å². The van der Waals surface area contributed by atoms with Crippen molar-refractivity contribution in [2.45, 2.75) is 17.7 Å². The van der Waals surface area contributed by atoms with Gasteiger partial charge in [-0.15, -0.1) is 0 Å². The molecule has 3 rings (SSSR count). The Balaban J connectivity index is 1.73. The number of hydrogen-bond donors (Lipinski definition) is 1. The average Bonchev–Trinajstić information content (AvgIpc) is 2.79. The summed E-state index contributed by atoms with van der Waals surface area (Å²) in [7, 11) is -4.04. The van der Waals surface area contributed by atoms with E-state index in [1.165, 1.54) is 18.2 Å². The Labute approximate surface area is 199 Å². The zero-order valence-electron chi connectivity index (χ0n) is 17.4. The topological polar surface area (TPSA) is 66.5 Å². The summed E-state index contributed by atoms with van der Waals surface area (Å²) in [6, 6.07) is 23.5. The highest BCUT2D eigenvalue weighted by Gasteiger charge is 2.28. The third-order valence-electron chi connectivity index (χ3n) is 4.90. The zero-order chi connectivity index (χ0) is 23.0. The molecule has 0 atom stereocenters. The molecule has 5 nitrogen and oxygen atoms in total. The van der Waals surface area contributed by atoms with E-state index in [0.717, 1.165) is 15.4 Å². The van der Waals surface area contributed by atoms with Crippen molar-refractivity contribution in [3.8, 4) is 0 Å². The Hall–Kier alpha value is -2.38. The van der Waals surface area contributed by atoms with Crippen LogP contribution in [-0.4, -0.2) is 38.3 Å². The fraction of sp³-hybridized carbons (Fsp3) is 0.208. The first-order valence-corrected chi connectivity index (χ1v) is 12.4. The van der Waals surface area contributed by atoms with Crippen molar-refractivity contribution >= 4 is 39.1 Å². The highest BCUT2D eigenvalue weighted by Crippen LogP contribution is 2.28. The summed E-state index contributed by atoms with van der Waals surface area (Å²) in [6.07, 6.45) is 1.11. The molecule has 0 aliphatic heterocycles. The first-order valence-electron chi connectivity index (χ1n) is 10.2. The molecule has 0 heterocycles. The van der Waals surface area contributed by atoms with Crippen molar-refractivity contribution in [1.29, 1.82) is 0 Å². The van der Waals surface area contributed by atoms with E-state index in [2.05, 4.69) is 5.32 Å². The molecular weight excluding hydrogens is 467 g/mol. The van der Waals surface area contributed by atoms with Crippen LogP contribution in [0.25, 0.3) is 0 Å². The van der Waals surface area contributed by atoms with Gasteiger partial charge in [0, 0.05) is 18.1 Å². The molecule has 0 aliphatic carbocycles. The second kappa shape index (κ2) is 11.5. The van der Waals surface area contributed by atoms with Crippen LogP contribution in [0.1, 0.15) is 11.1 Å². The van der Waals surface area contributed by atoms with Gasteiger partial charge in [-0.3, -0.25) is 4.79 Å². The molecule has 0 unspecified atom stereocenters. The van der Waals surface area contributed by atoms with Gasteiger partial charge in [-0.05, 0) is 42.2 Å². The highest BCUT2D eigenvalue weighted by atomic mass is 35.5. The molecule has 1 N–H and O–H groups in total. The second-order valence-corrected chi connectivity index (χ2v) is 9.98. The molecule has 0 radical (unpaired) electrons. The lowest BCUT2D eigenvalue weighted by Crippen LogP contribution is -2.42. The number of sulfonamides is 1. The molecule has 168 valence electrons. The number of benzene rings is 3. The van der Waals surface area contributed by atoms with Gasteiger partial charge in [-0.1, -0.05) is 83.9 Å². The van der Waals surface area contributed by atoms with Crippen LogP contribution < -0.4 is 5.32 Å². The number of carbonyl (C=O) groups excluding carboxylic acids is 1. The summed E-state index contributed by atoms with van der Waals surface area (Å²) in [5.41, 5.74) is 2.06. The Morgan fingerprint density at radius 3 is 2.06 bits per heavy atom. The first-order chi connectivity index (χ1) is 15.4. The van der Waals surface area contributed by atoms with Crippen LogP contribution in [0.15, 0.2) is 83.8 Å². The summed E-state index contributed by atoms with van der Waals surface area (Å²) >= 11 is 12.2. The van der Waals surface area contributed by atoms with E-state index in [1.54, 1.807) is 0 Å². The third kappa shape index (κ3) is 6.81. The molecule has 0 bridgehead atoms. The molecular formula is C24H24Cl2N2O3S. The number of rotatable bonds is 10. The minimum Gasteiger partial charge on any atom is -0.355 e. The maximum atomic E-state index is 13.4. The zero-order valence-corrected chi connectivity index (χ0v) is 19.7. The van der Waals surface area contributed by atoms with Crippen LogP contribution in [0.4, 0.5) is 0 Å². The summed E-state index contributed by atoms with van der Waals surface area (Å²) in [4.78, 5) is 12.5. The minimum atomic E-state index is -4.04. The van der Waals surface area contributed by atoms with E-state index >= 15 is 0 Å². The van der Waals surface area contributed by atoms with Gasteiger partial charge in [0.1, 0.15) is 4.90 Å². The van der Waals surface area contributed by atoms with E-state index in [4.69, 9.17) is 23.2 Å². The quantitative estimate of drug-likeness (QED) is 0.451. The lowest BCUT2D eigenvalue weighted by atomic mass is 10.1. The van der Waals surface area contributed by atoms with Gasteiger partial charge in [0.2, 0.25) is 15.9 Å². The molecule has 8 heteroatoms. The van der Waals surface area contributed by atoms with Crippen molar-refractivity contribution in [1.82, 2.24) is 9.62 Å². The van der Waals surface area contributed by atoms with Crippen molar-refractivity contribution in [2.24, 2.45) is 0 Å². The van der Waals surface area contributed by atoms with Gasteiger partial charge in [0.15, 0.2) is 0 Å². The van der Waals surface area contributed by atoms with Gasteiger partial charge >= 0.3 is 0 Å². The standard InChI is InChI=1S/C24H24Cl2N2O3S/c25-21-11-12-22(26)23(17-21)32(30,31)28(16-14-20-9-5-2-6-10-20)18-24(29)27-15-13-19-7-3-1-4-8-19/h1-12,17H,13-16,18H2,(H,27,29). The summed E-state index contributed by atoms with van der Waals surface area (Å²) in [5, 5.41) is 3.12. The van der Waals surface area contributed by atoms with E-state index < -0.39 is 10.0 Å². The Bertz CT molecular complexity index is 1140. The van der Waals surface area contributed by atoms with Crippen LogP contribution in [-0.2, 0) is 27.7 Å². The van der Waals surface area contributed by atoms with Gasteiger partial charge in [0.05, 0.1) is 11.6 Å². The Kier molecular flexibility index (Phi) is 8.70. The van der Waals surface area contributed by atoms with Gasteiger partial charge in [-0.25, -0.2) is 8.42 Å². The van der Waals surface area contributed by atoms with Crippen LogP contribution in [0.2, 0.25) is 10.0 Å². The largest absolute Gasteiger partial charge is 0.355 e.